The van der Waals surface area contributed by atoms with Crippen LogP contribution in [-0.4, -0.2) is 60.6 Å². The van der Waals surface area contributed by atoms with E-state index in [1.807, 2.05) is 0 Å². The lowest BCUT2D eigenvalue weighted by Gasteiger charge is -2.25. The highest BCUT2D eigenvalue weighted by atomic mass is 16.1. The van der Waals surface area contributed by atoms with Crippen LogP contribution in [0.4, 0.5) is 0 Å². The van der Waals surface area contributed by atoms with Crippen LogP contribution >= 0.6 is 0 Å². The standard InChI is InChI=1S/2C10H19NO/c2*1-2-3-4-7-11-8-5-10(12)6-9-11/h2*2-9H2,1H3. The molecule has 4 nitrogen and oxygen atoms in total. The molecule has 0 saturated carbocycles. The molecule has 0 aromatic heterocycles. The van der Waals surface area contributed by atoms with Crippen LogP contribution in [0.25, 0.3) is 0 Å². The Balaban J connectivity index is 0.000000240. The molecule has 2 heterocycles. The van der Waals surface area contributed by atoms with Crippen LogP contribution in [-0.2, 0) is 9.59 Å². The summed E-state index contributed by atoms with van der Waals surface area (Å²) in [7, 11) is 0. The van der Waals surface area contributed by atoms with Crippen molar-refractivity contribution in [2.24, 2.45) is 0 Å². The summed E-state index contributed by atoms with van der Waals surface area (Å²) in [5, 5.41) is 0. The van der Waals surface area contributed by atoms with Gasteiger partial charge in [-0.25, -0.2) is 0 Å². The van der Waals surface area contributed by atoms with Crippen LogP contribution in [0.2, 0.25) is 0 Å². The lowest BCUT2D eigenvalue weighted by atomic mass is 10.1. The van der Waals surface area contributed by atoms with Crippen molar-refractivity contribution < 1.29 is 9.59 Å². The zero-order valence-corrected chi connectivity index (χ0v) is 16.0. The van der Waals surface area contributed by atoms with Crippen LogP contribution in [0.5, 0.6) is 0 Å². The molecule has 2 saturated heterocycles. The average Bonchev–Trinajstić information content (AvgIpc) is 2.59. The molecular weight excluding hydrogens is 300 g/mol. The molecule has 24 heavy (non-hydrogen) atoms. The highest BCUT2D eigenvalue weighted by Crippen LogP contribution is 2.08. The zero-order chi connectivity index (χ0) is 17.6. The third kappa shape index (κ3) is 10.2. The van der Waals surface area contributed by atoms with Gasteiger partial charge < -0.3 is 9.80 Å². The molecule has 0 unspecified atom stereocenters. The van der Waals surface area contributed by atoms with Gasteiger partial charge in [0.1, 0.15) is 11.6 Å². The summed E-state index contributed by atoms with van der Waals surface area (Å²) in [6.07, 6.45) is 10.9. The Labute approximate surface area is 149 Å². The molecule has 2 rings (SSSR count). The van der Waals surface area contributed by atoms with Crippen molar-refractivity contribution in [1.29, 1.82) is 0 Å². The quantitative estimate of drug-likeness (QED) is 0.633. The van der Waals surface area contributed by atoms with Crippen LogP contribution in [0.1, 0.15) is 78.1 Å². The van der Waals surface area contributed by atoms with Gasteiger partial charge in [-0.15, -0.1) is 0 Å². The van der Waals surface area contributed by atoms with Crippen LogP contribution in [0, 0.1) is 0 Å². The molecule has 0 aliphatic carbocycles. The molecule has 140 valence electrons. The molecule has 2 aliphatic heterocycles. The molecule has 0 N–H and O–H groups in total. The molecule has 0 amide bonds. The summed E-state index contributed by atoms with van der Waals surface area (Å²) < 4.78 is 0. The first-order valence-electron chi connectivity index (χ1n) is 10.1. The fourth-order valence-electron chi connectivity index (χ4n) is 3.22. The molecule has 2 fully saturated rings. The molecule has 0 bridgehead atoms. The van der Waals surface area contributed by atoms with Gasteiger partial charge in [0.15, 0.2) is 0 Å². The number of carbonyl (C=O) groups excluding carboxylic acids is 2. The van der Waals surface area contributed by atoms with Crippen molar-refractivity contribution in [3.05, 3.63) is 0 Å². The Kier molecular flexibility index (Phi) is 12.0. The van der Waals surface area contributed by atoms with Gasteiger partial charge in [0.2, 0.25) is 0 Å². The normalized spacial score (nSPS) is 19.9. The molecule has 0 atom stereocenters. The van der Waals surface area contributed by atoms with E-state index in [4.69, 9.17) is 0 Å². The fraction of sp³-hybridized carbons (Fsp3) is 0.900. The molecule has 0 spiro atoms. The summed E-state index contributed by atoms with van der Waals surface area (Å²) >= 11 is 0. The van der Waals surface area contributed by atoms with Gasteiger partial charge in [0, 0.05) is 51.9 Å². The number of unbranched alkanes of at least 4 members (excludes halogenated alkanes) is 4. The SMILES string of the molecule is CCCCCN1CCC(=O)CC1.CCCCCN1CCC(=O)CC1. The molecule has 0 aromatic carbocycles. The van der Waals surface area contributed by atoms with Gasteiger partial charge in [-0.3, -0.25) is 9.59 Å². The first-order chi connectivity index (χ1) is 11.7. The third-order valence-corrected chi connectivity index (χ3v) is 4.98. The summed E-state index contributed by atoms with van der Waals surface area (Å²) in [6.45, 7) is 10.8. The molecule has 4 heteroatoms. The number of ketones is 2. The van der Waals surface area contributed by atoms with Crippen LogP contribution in [0.15, 0.2) is 0 Å². The number of piperidine rings is 2. The Morgan fingerprint density at radius 2 is 0.958 bits per heavy atom. The number of hydrogen-bond acceptors (Lipinski definition) is 4. The van der Waals surface area contributed by atoms with E-state index in [0.29, 0.717) is 11.6 Å². The molecule has 2 aliphatic rings. The maximum atomic E-state index is 10.9. The van der Waals surface area contributed by atoms with Crippen molar-refractivity contribution in [2.45, 2.75) is 78.1 Å². The second-order valence-corrected chi connectivity index (χ2v) is 7.17. The highest BCUT2D eigenvalue weighted by molar-refractivity contribution is 5.79. The van der Waals surface area contributed by atoms with E-state index in [1.165, 1.54) is 51.6 Å². The summed E-state index contributed by atoms with van der Waals surface area (Å²) in [5.41, 5.74) is 0. The number of Topliss-reactive ketones (excluding diaryl/α,β-unsaturated/α-hetero) is 2. The van der Waals surface area contributed by atoms with E-state index in [1.54, 1.807) is 0 Å². The van der Waals surface area contributed by atoms with Gasteiger partial charge in [-0.2, -0.15) is 0 Å². The highest BCUT2D eigenvalue weighted by Gasteiger charge is 2.15. The topological polar surface area (TPSA) is 40.6 Å². The van der Waals surface area contributed by atoms with E-state index >= 15 is 0 Å². The van der Waals surface area contributed by atoms with Crippen LogP contribution < -0.4 is 0 Å². The fourth-order valence-corrected chi connectivity index (χ4v) is 3.22. The minimum absolute atomic E-state index is 0.446. The monoisotopic (exact) mass is 338 g/mol. The lowest BCUT2D eigenvalue weighted by Crippen LogP contribution is -2.34. The number of rotatable bonds is 8. The van der Waals surface area contributed by atoms with Gasteiger partial charge in [0.25, 0.3) is 0 Å². The van der Waals surface area contributed by atoms with Gasteiger partial charge >= 0.3 is 0 Å². The van der Waals surface area contributed by atoms with E-state index < -0.39 is 0 Å². The van der Waals surface area contributed by atoms with Crippen molar-refractivity contribution in [1.82, 2.24) is 9.80 Å². The maximum absolute atomic E-state index is 10.9. The number of nitrogens with zero attached hydrogens (tertiary/aromatic N) is 2. The first-order valence-corrected chi connectivity index (χ1v) is 10.1. The molecular formula is C20H38N2O2. The van der Waals surface area contributed by atoms with E-state index in [9.17, 15) is 9.59 Å². The second kappa shape index (κ2) is 13.5. The first kappa shape index (κ1) is 21.3. The van der Waals surface area contributed by atoms with Crippen molar-refractivity contribution in [2.75, 3.05) is 39.3 Å². The van der Waals surface area contributed by atoms with E-state index in [0.717, 1.165) is 51.9 Å². The number of hydrogen-bond donors (Lipinski definition) is 0. The van der Waals surface area contributed by atoms with Gasteiger partial charge in [0.05, 0.1) is 0 Å². The third-order valence-electron chi connectivity index (χ3n) is 4.98. The number of carbonyl (C=O) groups is 2. The lowest BCUT2D eigenvalue weighted by molar-refractivity contribution is -0.122. The maximum Gasteiger partial charge on any atom is 0.135 e. The van der Waals surface area contributed by atoms with Crippen molar-refractivity contribution in [3.8, 4) is 0 Å². The largest absolute Gasteiger partial charge is 0.302 e. The Morgan fingerprint density at radius 1 is 0.625 bits per heavy atom. The van der Waals surface area contributed by atoms with E-state index in [-0.39, 0.29) is 0 Å². The Morgan fingerprint density at radius 3 is 1.25 bits per heavy atom. The smallest absolute Gasteiger partial charge is 0.135 e. The zero-order valence-electron chi connectivity index (χ0n) is 16.0. The summed E-state index contributed by atoms with van der Waals surface area (Å²) in [4.78, 5) is 26.7. The Hall–Kier alpha value is -0.740. The van der Waals surface area contributed by atoms with Gasteiger partial charge in [-0.1, -0.05) is 39.5 Å². The van der Waals surface area contributed by atoms with Crippen molar-refractivity contribution in [3.63, 3.8) is 0 Å². The predicted molar refractivity (Wildman–Crippen MR) is 100 cm³/mol. The van der Waals surface area contributed by atoms with Crippen LogP contribution in [0.3, 0.4) is 0 Å². The minimum Gasteiger partial charge on any atom is -0.302 e. The molecule has 0 radical (unpaired) electrons. The van der Waals surface area contributed by atoms with Crippen molar-refractivity contribution >= 4 is 11.6 Å². The average molecular weight is 339 g/mol. The van der Waals surface area contributed by atoms with E-state index in [2.05, 4.69) is 23.6 Å². The number of likely N-dealkylation sites (tertiary alicyclic amines) is 2. The summed E-state index contributed by atoms with van der Waals surface area (Å²) in [5.74, 6) is 0.892. The minimum atomic E-state index is 0.446. The van der Waals surface area contributed by atoms with Gasteiger partial charge in [-0.05, 0) is 25.9 Å². The predicted octanol–water partition coefficient (Wildman–Crippen LogP) is 3.68. The molecule has 0 aromatic rings. The second-order valence-electron chi connectivity index (χ2n) is 7.17. The Bertz CT molecular complexity index is 304. The summed E-state index contributed by atoms with van der Waals surface area (Å²) in [6, 6.07) is 0.